The van der Waals surface area contributed by atoms with Crippen molar-refractivity contribution in [2.24, 2.45) is 5.92 Å². The van der Waals surface area contributed by atoms with E-state index in [9.17, 15) is 4.79 Å². The summed E-state index contributed by atoms with van der Waals surface area (Å²) >= 11 is 0. The molecule has 0 bridgehead atoms. The average molecular weight is 378 g/mol. The zero-order valence-corrected chi connectivity index (χ0v) is 16.8. The van der Waals surface area contributed by atoms with Crippen molar-refractivity contribution in [3.63, 3.8) is 0 Å². The summed E-state index contributed by atoms with van der Waals surface area (Å²) < 4.78 is 0. The molecule has 4 rings (SSSR count). The summed E-state index contributed by atoms with van der Waals surface area (Å²) in [6, 6.07) is 21.7. The van der Waals surface area contributed by atoms with E-state index in [-0.39, 0.29) is 18.0 Å². The Kier molecular flexibility index (Phi) is 6.08. The first-order valence-corrected chi connectivity index (χ1v) is 10.6. The molecule has 2 fully saturated rings. The number of rotatable bonds is 7. The van der Waals surface area contributed by atoms with Gasteiger partial charge in [0.1, 0.15) is 0 Å². The van der Waals surface area contributed by atoms with Gasteiger partial charge in [-0.05, 0) is 36.8 Å². The molecular weight excluding hydrogens is 346 g/mol. The summed E-state index contributed by atoms with van der Waals surface area (Å²) in [7, 11) is 0. The van der Waals surface area contributed by atoms with Crippen molar-refractivity contribution in [3.8, 4) is 0 Å². The molecule has 1 unspecified atom stereocenters. The second-order valence-corrected chi connectivity index (χ2v) is 8.16. The van der Waals surface area contributed by atoms with Crippen molar-refractivity contribution in [2.45, 2.75) is 31.8 Å². The third-order valence-corrected chi connectivity index (χ3v) is 6.13. The standard InChI is InChI=1S/C24H31N3O/c1-19(24(28)25-18-20-12-13-20)26-14-16-27(17-15-26)23(21-8-4-2-5-9-21)22-10-6-3-7-11-22/h2-11,19-20,23H,12-18H2,1H3,(H,25,28). The number of hydrogen-bond acceptors (Lipinski definition) is 3. The van der Waals surface area contributed by atoms with E-state index < -0.39 is 0 Å². The van der Waals surface area contributed by atoms with Gasteiger partial charge in [-0.1, -0.05) is 60.7 Å². The van der Waals surface area contributed by atoms with Gasteiger partial charge in [0.15, 0.2) is 0 Å². The molecule has 2 aromatic carbocycles. The summed E-state index contributed by atoms with van der Waals surface area (Å²) in [5.74, 6) is 0.911. The van der Waals surface area contributed by atoms with Crippen molar-refractivity contribution in [3.05, 3.63) is 71.8 Å². The van der Waals surface area contributed by atoms with Crippen molar-refractivity contribution in [1.82, 2.24) is 15.1 Å². The molecule has 0 aromatic heterocycles. The Morgan fingerprint density at radius 1 is 0.893 bits per heavy atom. The molecule has 4 nitrogen and oxygen atoms in total. The van der Waals surface area contributed by atoms with E-state index in [1.807, 2.05) is 6.92 Å². The lowest BCUT2D eigenvalue weighted by atomic mass is 9.96. The van der Waals surface area contributed by atoms with Crippen LogP contribution in [0.1, 0.15) is 36.9 Å². The molecule has 2 aromatic rings. The van der Waals surface area contributed by atoms with Gasteiger partial charge in [-0.25, -0.2) is 0 Å². The Morgan fingerprint density at radius 2 is 1.39 bits per heavy atom. The normalized spacial score (nSPS) is 19.5. The third-order valence-electron chi connectivity index (χ3n) is 6.13. The van der Waals surface area contributed by atoms with Crippen LogP contribution >= 0.6 is 0 Å². The summed E-state index contributed by atoms with van der Waals surface area (Å²) in [6.07, 6.45) is 2.54. The van der Waals surface area contributed by atoms with Crippen LogP contribution in [0.5, 0.6) is 0 Å². The third kappa shape index (κ3) is 4.62. The second kappa shape index (κ2) is 8.89. The SMILES string of the molecule is CC(C(=O)NCC1CC1)N1CCN(C(c2ccccc2)c2ccccc2)CC1. The fourth-order valence-corrected chi connectivity index (χ4v) is 4.15. The molecule has 2 aliphatic rings. The maximum Gasteiger partial charge on any atom is 0.237 e. The van der Waals surface area contributed by atoms with Gasteiger partial charge in [0.2, 0.25) is 5.91 Å². The summed E-state index contributed by atoms with van der Waals surface area (Å²) in [6.45, 7) is 6.68. The summed E-state index contributed by atoms with van der Waals surface area (Å²) in [5, 5.41) is 3.13. The maximum atomic E-state index is 12.5. The van der Waals surface area contributed by atoms with Crippen LogP contribution in [0.3, 0.4) is 0 Å². The van der Waals surface area contributed by atoms with E-state index in [2.05, 4.69) is 75.8 Å². The molecule has 0 radical (unpaired) electrons. The highest BCUT2D eigenvalue weighted by molar-refractivity contribution is 5.81. The minimum Gasteiger partial charge on any atom is -0.354 e. The number of nitrogens with zero attached hydrogens (tertiary/aromatic N) is 2. The molecule has 1 saturated carbocycles. The van der Waals surface area contributed by atoms with Crippen LogP contribution in [-0.4, -0.2) is 54.5 Å². The van der Waals surface area contributed by atoms with Gasteiger partial charge in [-0.15, -0.1) is 0 Å². The first kappa shape index (κ1) is 19.2. The molecule has 1 atom stereocenters. The molecular formula is C24H31N3O. The van der Waals surface area contributed by atoms with Gasteiger partial charge in [-0.3, -0.25) is 14.6 Å². The minimum absolute atomic E-state index is 0.0483. The lowest BCUT2D eigenvalue weighted by Crippen LogP contribution is -2.54. The van der Waals surface area contributed by atoms with Gasteiger partial charge in [0, 0.05) is 32.7 Å². The van der Waals surface area contributed by atoms with Gasteiger partial charge >= 0.3 is 0 Å². The predicted octanol–water partition coefficient (Wildman–Crippen LogP) is 3.31. The Balaban J connectivity index is 1.40. The highest BCUT2D eigenvalue weighted by atomic mass is 16.2. The Labute approximate surface area is 168 Å². The largest absolute Gasteiger partial charge is 0.354 e. The number of carbonyl (C=O) groups is 1. The van der Waals surface area contributed by atoms with Crippen molar-refractivity contribution < 1.29 is 4.79 Å². The van der Waals surface area contributed by atoms with E-state index in [1.165, 1.54) is 24.0 Å². The lowest BCUT2D eigenvalue weighted by molar-refractivity contribution is -0.126. The molecule has 1 N–H and O–H groups in total. The zero-order chi connectivity index (χ0) is 19.3. The van der Waals surface area contributed by atoms with E-state index in [4.69, 9.17) is 0 Å². The molecule has 1 aliphatic heterocycles. The van der Waals surface area contributed by atoms with Crippen molar-refractivity contribution in [1.29, 1.82) is 0 Å². The fraction of sp³-hybridized carbons (Fsp3) is 0.458. The van der Waals surface area contributed by atoms with Gasteiger partial charge in [-0.2, -0.15) is 0 Å². The predicted molar refractivity (Wildman–Crippen MR) is 113 cm³/mol. The van der Waals surface area contributed by atoms with Gasteiger partial charge in [0.05, 0.1) is 12.1 Å². The zero-order valence-electron chi connectivity index (χ0n) is 16.8. The maximum absolute atomic E-state index is 12.5. The van der Waals surface area contributed by atoms with Crippen LogP contribution in [0.4, 0.5) is 0 Å². The first-order chi connectivity index (χ1) is 13.7. The highest BCUT2D eigenvalue weighted by Crippen LogP contribution is 2.30. The Bertz CT molecular complexity index is 712. The minimum atomic E-state index is -0.0483. The van der Waals surface area contributed by atoms with Crippen LogP contribution < -0.4 is 5.32 Å². The van der Waals surface area contributed by atoms with E-state index >= 15 is 0 Å². The number of amides is 1. The average Bonchev–Trinajstić information content (AvgIpc) is 3.58. The molecule has 1 amide bonds. The van der Waals surface area contributed by atoms with Crippen LogP contribution in [-0.2, 0) is 4.79 Å². The number of piperazine rings is 1. The summed E-state index contributed by atoms with van der Waals surface area (Å²) in [5.41, 5.74) is 2.66. The molecule has 1 saturated heterocycles. The molecule has 148 valence electrons. The fourth-order valence-electron chi connectivity index (χ4n) is 4.15. The molecule has 4 heteroatoms. The van der Waals surface area contributed by atoms with Gasteiger partial charge in [0.25, 0.3) is 0 Å². The lowest BCUT2D eigenvalue weighted by Gasteiger charge is -2.41. The number of nitrogens with one attached hydrogen (secondary N) is 1. The van der Waals surface area contributed by atoms with E-state index in [0.29, 0.717) is 0 Å². The van der Waals surface area contributed by atoms with Crippen LogP contribution in [0.25, 0.3) is 0 Å². The number of hydrogen-bond donors (Lipinski definition) is 1. The monoisotopic (exact) mass is 377 g/mol. The van der Waals surface area contributed by atoms with Gasteiger partial charge < -0.3 is 5.32 Å². The van der Waals surface area contributed by atoms with Crippen molar-refractivity contribution in [2.75, 3.05) is 32.7 Å². The van der Waals surface area contributed by atoms with Crippen LogP contribution in [0.15, 0.2) is 60.7 Å². The van der Waals surface area contributed by atoms with Crippen LogP contribution in [0.2, 0.25) is 0 Å². The van der Waals surface area contributed by atoms with E-state index in [0.717, 1.165) is 38.6 Å². The smallest absolute Gasteiger partial charge is 0.237 e. The number of carbonyl (C=O) groups excluding carboxylic acids is 1. The summed E-state index contributed by atoms with van der Waals surface area (Å²) in [4.78, 5) is 17.3. The number of benzene rings is 2. The molecule has 28 heavy (non-hydrogen) atoms. The molecule has 1 aliphatic carbocycles. The second-order valence-electron chi connectivity index (χ2n) is 8.16. The molecule has 0 spiro atoms. The molecule has 1 heterocycles. The van der Waals surface area contributed by atoms with Crippen molar-refractivity contribution >= 4 is 5.91 Å². The topological polar surface area (TPSA) is 35.6 Å². The Hall–Kier alpha value is -2.17. The first-order valence-electron chi connectivity index (χ1n) is 10.6. The highest BCUT2D eigenvalue weighted by Gasteiger charge is 2.30. The Morgan fingerprint density at radius 3 is 1.89 bits per heavy atom. The van der Waals surface area contributed by atoms with Crippen LogP contribution in [0, 0.1) is 5.92 Å². The quantitative estimate of drug-likeness (QED) is 0.804. The van der Waals surface area contributed by atoms with E-state index in [1.54, 1.807) is 0 Å².